The van der Waals surface area contributed by atoms with Crippen LogP contribution < -0.4 is 10.1 Å². The van der Waals surface area contributed by atoms with Crippen LogP contribution in [0.1, 0.15) is 17.6 Å². The van der Waals surface area contributed by atoms with Crippen molar-refractivity contribution in [2.45, 2.75) is 13.0 Å². The number of piperazine rings is 1. The summed E-state index contributed by atoms with van der Waals surface area (Å²) in [6, 6.07) is 9.51. The van der Waals surface area contributed by atoms with Gasteiger partial charge in [0.05, 0.1) is 6.04 Å². The maximum absolute atomic E-state index is 12.9. The summed E-state index contributed by atoms with van der Waals surface area (Å²) in [6.07, 6.45) is 0. The van der Waals surface area contributed by atoms with Gasteiger partial charge < -0.3 is 19.4 Å². The summed E-state index contributed by atoms with van der Waals surface area (Å²) in [5, 5.41) is 2.93. The first-order chi connectivity index (χ1) is 13.0. The van der Waals surface area contributed by atoms with Crippen molar-refractivity contribution in [1.29, 1.82) is 0 Å². The third-order valence-electron chi connectivity index (χ3n) is 4.74. The highest BCUT2D eigenvalue weighted by molar-refractivity contribution is 5.77. The van der Waals surface area contributed by atoms with Gasteiger partial charge in [-0.3, -0.25) is 9.69 Å². The van der Waals surface area contributed by atoms with E-state index in [4.69, 9.17) is 9.15 Å². The Hall–Kier alpha value is -2.38. The largest absolute Gasteiger partial charge is 0.484 e. The lowest BCUT2D eigenvalue weighted by molar-refractivity contribution is -0.123. The van der Waals surface area contributed by atoms with Crippen molar-refractivity contribution in [2.75, 3.05) is 46.4 Å². The summed E-state index contributed by atoms with van der Waals surface area (Å²) < 4.78 is 24.1. The van der Waals surface area contributed by atoms with E-state index in [9.17, 15) is 9.18 Å². The zero-order chi connectivity index (χ0) is 19.2. The van der Waals surface area contributed by atoms with Crippen LogP contribution in [0.5, 0.6) is 5.75 Å². The maximum Gasteiger partial charge on any atom is 0.258 e. The molecular weight excluding hydrogens is 349 g/mol. The predicted molar refractivity (Wildman–Crippen MR) is 100 cm³/mol. The molecule has 7 heteroatoms. The third-order valence-corrected chi connectivity index (χ3v) is 4.74. The first-order valence-corrected chi connectivity index (χ1v) is 9.15. The van der Waals surface area contributed by atoms with Crippen LogP contribution >= 0.6 is 0 Å². The van der Waals surface area contributed by atoms with Crippen molar-refractivity contribution in [1.82, 2.24) is 15.1 Å². The van der Waals surface area contributed by atoms with Gasteiger partial charge in [0.15, 0.2) is 6.61 Å². The minimum absolute atomic E-state index is 0.0119. The summed E-state index contributed by atoms with van der Waals surface area (Å²) in [6.45, 7) is 6.06. The number of carbonyl (C=O) groups excluding carboxylic acids is 1. The van der Waals surface area contributed by atoms with E-state index >= 15 is 0 Å². The molecule has 0 radical (unpaired) electrons. The highest BCUT2D eigenvalue weighted by Crippen LogP contribution is 2.23. The molecule has 2 aromatic rings. The van der Waals surface area contributed by atoms with Crippen LogP contribution in [0, 0.1) is 12.7 Å². The molecule has 6 nitrogen and oxygen atoms in total. The molecule has 0 bridgehead atoms. The van der Waals surface area contributed by atoms with Crippen molar-refractivity contribution in [3.8, 4) is 5.75 Å². The number of furan rings is 1. The van der Waals surface area contributed by atoms with E-state index in [1.165, 1.54) is 24.3 Å². The van der Waals surface area contributed by atoms with Gasteiger partial charge in [-0.2, -0.15) is 0 Å². The Morgan fingerprint density at radius 1 is 1.19 bits per heavy atom. The molecule has 1 aliphatic heterocycles. The molecule has 146 valence electrons. The minimum Gasteiger partial charge on any atom is -0.484 e. The van der Waals surface area contributed by atoms with Crippen molar-refractivity contribution in [2.24, 2.45) is 0 Å². The van der Waals surface area contributed by atoms with Crippen molar-refractivity contribution >= 4 is 5.91 Å². The summed E-state index contributed by atoms with van der Waals surface area (Å²) in [4.78, 5) is 16.8. The highest BCUT2D eigenvalue weighted by atomic mass is 19.1. The molecule has 1 amide bonds. The molecule has 1 aromatic carbocycles. The average molecular weight is 375 g/mol. The van der Waals surface area contributed by atoms with Gasteiger partial charge in [-0.15, -0.1) is 0 Å². The topological polar surface area (TPSA) is 58.0 Å². The number of nitrogens with one attached hydrogen (secondary N) is 1. The number of carbonyl (C=O) groups is 1. The predicted octanol–water partition coefficient (Wildman–Crippen LogP) is 2.21. The molecule has 1 fully saturated rings. The number of hydrogen-bond acceptors (Lipinski definition) is 5. The summed E-state index contributed by atoms with van der Waals surface area (Å²) in [5.74, 6) is 1.62. The van der Waals surface area contributed by atoms with Crippen LogP contribution in [-0.4, -0.2) is 62.1 Å². The molecule has 27 heavy (non-hydrogen) atoms. The SMILES string of the molecule is Cc1ccc([C@H](CNC(=O)COc2ccc(F)cc2)N2CCN(C)CC2)o1. The lowest BCUT2D eigenvalue weighted by atomic mass is 10.1. The van der Waals surface area contributed by atoms with E-state index in [-0.39, 0.29) is 24.4 Å². The Labute approximate surface area is 158 Å². The van der Waals surface area contributed by atoms with Crippen molar-refractivity contribution < 1.29 is 18.3 Å². The zero-order valence-electron chi connectivity index (χ0n) is 15.8. The fraction of sp³-hybridized carbons (Fsp3) is 0.450. The number of amides is 1. The monoisotopic (exact) mass is 375 g/mol. The fourth-order valence-corrected chi connectivity index (χ4v) is 3.12. The van der Waals surface area contributed by atoms with Gasteiger partial charge in [-0.1, -0.05) is 0 Å². The second-order valence-corrected chi connectivity index (χ2v) is 6.85. The van der Waals surface area contributed by atoms with E-state index in [1.54, 1.807) is 0 Å². The number of ether oxygens (including phenoxy) is 1. The van der Waals surface area contributed by atoms with Crippen LogP contribution in [0.25, 0.3) is 0 Å². The number of hydrogen-bond donors (Lipinski definition) is 1. The molecule has 1 saturated heterocycles. The number of halogens is 1. The molecule has 1 atom stereocenters. The van der Waals surface area contributed by atoms with Crippen LogP contribution in [0.15, 0.2) is 40.8 Å². The Bertz CT molecular complexity index is 739. The van der Waals surface area contributed by atoms with Gasteiger partial charge in [0.2, 0.25) is 0 Å². The molecule has 0 saturated carbocycles. The quantitative estimate of drug-likeness (QED) is 0.804. The van der Waals surface area contributed by atoms with Gasteiger partial charge >= 0.3 is 0 Å². The van der Waals surface area contributed by atoms with Gasteiger partial charge in [0.25, 0.3) is 5.91 Å². The first-order valence-electron chi connectivity index (χ1n) is 9.15. The number of likely N-dealkylation sites (N-methyl/N-ethyl adjacent to an activating group) is 1. The first kappa shape index (κ1) is 19.4. The fourth-order valence-electron chi connectivity index (χ4n) is 3.12. The lowest BCUT2D eigenvalue weighted by Crippen LogP contribution is -2.48. The normalized spacial score (nSPS) is 16.9. The minimum atomic E-state index is -0.337. The molecule has 0 spiro atoms. The summed E-state index contributed by atoms with van der Waals surface area (Å²) in [5.41, 5.74) is 0. The molecule has 1 aromatic heterocycles. The average Bonchev–Trinajstić information content (AvgIpc) is 3.09. The molecule has 1 N–H and O–H groups in total. The smallest absolute Gasteiger partial charge is 0.258 e. The Kier molecular flexibility index (Phi) is 6.47. The van der Waals surface area contributed by atoms with E-state index in [0.29, 0.717) is 12.3 Å². The van der Waals surface area contributed by atoms with E-state index < -0.39 is 0 Å². The van der Waals surface area contributed by atoms with Crippen LogP contribution in [0.4, 0.5) is 4.39 Å². The van der Waals surface area contributed by atoms with Gasteiger partial charge in [0.1, 0.15) is 23.1 Å². The van der Waals surface area contributed by atoms with E-state index in [2.05, 4.69) is 22.2 Å². The van der Waals surface area contributed by atoms with Crippen LogP contribution in [-0.2, 0) is 4.79 Å². The van der Waals surface area contributed by atoms with E-state index in [1.807, 2.05) is 19.1 Å². The standard InChI is InChI=1S/C20H26FN3O3/c1-15-3-8-19(27-15)18(24-11-9-23(2)10-12-24)13-22-20(25)14-26-17-6-4-16(21)5-7-17/h3-8,18H,9-14H2,1-2H3,(H,22,25)/t18-/m0/s1. The van der Waals surface area contributed by atoms with E-state index in [0.717, 1.165) is 37.7 Å². The molecular formula is C20H26FN3O3. The Balaban J connectivity index is 1.55. The molecule has 1 aliphatic rings. The molecule has 0 aliphatic carbocycles. The number of rotatable bonds is 7. The van der Waals surface area contributed by atoms with Gasteiger partial charge in [0, 0.05) is 32.7 Å². The second-order valence-electron chi connectivity index (χ2n) is 6.85. The number of aryl methyl sites for hydroxylation is 1. The highest BCUT2D eigenvalue weighted by Gasteiger charge is 2.26. The van der Waals surface area contributed by atoms with Crippen LogP contribution in [0.3, 0.4) is 0 Å². The molecule has 0 unspecified atom stereocenters. The Morgan fingerprint density at radius 3 is 2.52 bits per heavy atom. The maximum atomic E-state index is 12.9. The number of benzene rings is 1. The van der Waals surface area contributed by atoms with Crippen molar-refractivity contribution in [3.63, 3.8) is 0 Å². The van der Waals surface area contributed by atoms with Gasteiger partial charge in [-0.25, -0.2) is 4.39 Å². The number of nitrogens with zero attached hydrogens (tertiary/aromatic N) is 2. The molecule has 3 rings (SSSR count). The summed E-state index contributed by atoms with van der Waals surface area (Å²) in [7, 11) is 2.11. The zero-order valence-corrected chi connectivity index (χ0v) is 15.8. The second kappa shape index (κ2) is 9.01. The van der Waals surface area contributed by atoms with Crippen LogP contribution in [0.2, 0.25) is 0 Å². The van der Waals surface area contributed by atoms with Crippen molar-refractivity contribution in [3.05, 3.63) is 53.7 Å². The lowest BCUT2D eigenvalue weighted by Gasteiger charge is -2.37. The van der Waals surface area contributed by atoms with Gasteiger partial charge in [-0.05, 0) is 50.4 Å². The summed E-state index contributed by atoms with van der Waals surface area (Å²) >= 11 is 0. The molecule has 2 heterocycles. The Morgan fingerprint density at radius 2 is 1.89 bits per heavy atom. The third kappa shape index (κ3) is 5.55.